The molecule has 1 aliphatic carbocycles. The van der Waals surface area contributed by atoms with Gasteiger partial charge in [-0.05, 0) is 60.1 Å². The van der Waals surface area contributed by atoms with Crippen molar-refractivity contribution in [3.8, 4) is 11.5 Å². The molecule has 1 saturated carbocycles. The number of nitrogens with one attached hydrogen (secondary N) is 2. The first kappa shape index (κ1) is 28.0. The molecule has 2 bridgehead atoms. The van der Waals surface area contributed by atoms with E-state index >= 15 is 0 Å². The van der Waals surface area contributed by atoms with Crippen LogP contribution in [0.15, 0.2) is 54.6 Å². The molecule has 5 aliphatic rings. The molecular weight excluding hydrogens is 546 g/mol. The summed E-state index contributed by atoms with van der Waals surface area (Å²) >= 11 is 0. The summed E-state index contributed by atoms with van der Waals surface area (Å²) in [6.45, 7) is 6.73. The summed E-state index contributed by atoms with van der Waals surface area (Å²) in [5.74, 6) is -0.353. The lowest BCUT2D eigenvalue weighted by molar-refractivity contribution is -0.142. The number of nitrogens with zero attached hydrogens (tertiary/aromatic N) is 1. The van der Waals surface area contributed by atoms with Crippen molar-refractivity contribution in [1.29, 1.82) is 0 Å². The second-order valence-electron chi connectivity index (χ2n) is 13.0. The van der Waals surface area contributed by atoms with Crippen molar-refractivity contribution in [2.75, 3.05) is 12.1 Å². The van der Waals surface area contributed by atoms with E-state index in [2.05, 4.69) is 31.4 Å². The number of carbonyl (C=O) groups excluding carboxylic acids is 3. The third kappa shape index (κ3) is 4.69. The van der Waals surface area contributed by atoms with Crippen LogP contribution in [0.3, 0.4) is 0 Å². The van der Waals surface area contributed by atoms with E-state index in [-0.39, 0.29) is 37.1 Å². The quantitative estimate of drug-likeness (QED) is 0.463. The Morgan fingerprint density at radius 1 is 1.02 bits per heavy atom. The van der Waals surface area contributed by atoms with E-state index in [9.17, 15) is 14.4 Å². The first-order valence-corrected chi connectivity index (χ1v) is 15.5. The van der Waals surface area contributed by atoms with E-state index in [1.807, 2.05) is 54.6 Å². The second-order valence-corrected chi connectivity index (χ2v) is 13.0. The molecule has 43 heavy (non-hydrogen) atoms. The number of amides is 3. The highest BCUT2D eigenvalue weighted by atomic mass is 16.7. The van der Waals surface area contributed by atoms with Crippen molar-refractivity contribution >= 4 is 23.4 Å². The molecule has 9 nitrogen and oxygen atoms in total. The zero-order chi connectivity index (χ0) is 29.9. The Kier molecular flexibility index (Phi) is 6.95. The molecule has 1 spiro atoms. The highest BCUT2D eigenvalue weighted by molar-refractivity contribution is 6.02. The van der Waals surface area contributed by atoms with Gasteiger partial charge in [0.25, 0.3) is 0 Å². The van der Waals surface area contributed by atoms with Crippen LogP contribution in [0, 0.1) is 17.8 Å². The number of likely N-dealkylation sites (tertiary alicyclic amines) is 1. The van der Waals surface area contributed by atoms with Crippen molar-refractivity contribution in [1.82, 2.24) is 10.2 Å². The zero-order valence-electron chi connectivity index (χ0n) is 24.9. The molecule has 2 saturated heterocycles. The van der Waals surface area contributed by atoms with E-state index in [0.717, 1.165) is 31.2 Å². The first-order valence-electron chi connectivity index (χ1n) is 15.5. The minimum absolute atomic E-state index is 0.0367. The maximum Gasteiger partial charge on any atom is 0.246 e. The minimum Gasteiger partial charge on any atom is -0.454 e. The fourth-order valence-corrected chi connectivity index (χ4v) is 7.64. The molecule has 2 aromatic carbocycles. The Morgan fingerprint density at radius 3 is 2.56 bits per heavy atom. The number of benzene rings is 2. The van der Waals surface area contributed by atoms with Crippen LogP contribution in [-0.2, 0) is 25.7 Å². The van der Waals surface area contributed by atoms with Crippen LogP contribution in [0.1, 0.15) is 63.5 Å². The molecule has 7 rings (SSSR count). The molecule has 2 aromatic rings. The monoisotopic (exact) mass is 585 g/mol. The number of carbonyl (C=O) groups is 3. The van der Waals surface area contributed by atoms with Gasteiger partial charge in [-0.3, -0.25) is 14.4 Å². The molecule has 4 heterocycles. The lowest BCUT2D eigenvalue weighted by Crippen LogP contribution is -2.57. The summed E-state index contributed by atoms with van der Waals surface area (Å²) in [4.78, 5) is 44.0. The molecule has 0 radical (unpaired) electrons. The maximum absolute atomic E-state index is 14.4. The summed E-state index contributed by atoms with van der Waals surface area (Å²) < 4.78 is 17.6. The van der Waals surface area contributed by atoms with Crippen LogP contribution in [0.25, 0.3) is 0 Å². The van der Waals surface area contributed by atoms with Gasteiger partial charge in [-0.1, -0.05) is 64.0 Å². The third-order valence-electron chi connectivity index (χ3n) is 10.00. The van der Waals surface area contributed by atoms with Gasteiger partial charge in [-0.15, -0.1) is 0 Å². The van der Waals surface area contributed by atoms with Crippen molar-refractivity contribution in [3.63, 3.8) is 0 Å². The van der Waals surface area contributed by atoms with Crippen molar-refractivity contribution < 1.29 is 28.6 Å². The number of rotatable bonds is 7. The van der Waals surface area contributed by atoms with Gasteiger partial charge in [0.15, 0.2) is 11.5 Å². The third-order valence-corrected chi connectivity index (χ3v) is 10.00. The summed E-state index contributed by atoms with van der Waals surface area (Å²) in [7, 11) is 0. The highest BCUT2D eigenvalue weighted by Crippen LogP contribution is 2.55. The summed E-state index contributed by atoms with van der Waals surface area (Å²) in [5, 5.41) is 6.30. The van der Waals surface area contributed by atoms with Crippen LogP contribution in [0.5, 0.6) is 11.5 Å². The topological polar surface area (TPSA) is 106 Å². The summed E-state index contributed by atoms with van der Waals surface area (Å²) in [6, 6.07) is 12.4. The van der Waals surface area contributed by atoms with Gasteiger partial charge < -0.3 is 29.7 Å². The fraction of sp³-hybridized carbons (Fsp3) is 0.500. The van der Waals surface area contributed by atoms with Crippen LogP contribution in [-0.4, -0.2) is 53.2 Å². The number of hydrogen-bond acceptors (Lipinski definition) is 6. The first-order chi connectivity index (χ1) is 20.7. The average Bonchev–Trinajstić information content (AvgIpc) is 3.75. The number of anilines is 1. The minimum atomic E-state index is -1.22. The van der Waals surface area contributed by atoms with Gasteiger partial charge in [0.1, 0.15) is 11.6 Å². The van der Waals surface area contributed by atoms with E-state index in [1.165, 1.54) is 5.56 Å². The molecule has 2 N–H and O–H groups in total. The van der Waals surface area contributed by atoms with Crippen LogP contribution < -0.4 is 20.1 Å². The lowest BCUT2D eigenvalue weighted by atomic mass is 9.74. The molecule has 4 aliphatic heterocycles. The lowest BCUT2D eigenvalue weighted by Gasteiger charge is -2.36. The van der Waals surface area contributed by atoms with Gasteiger partial charge in [0, 0.05) is 18.3 Å². The van der Waals surface area contributed by atoms with Crippen molar-refractivity contribution in [2.45, 2.75) is 82.7 Å². The molecule has 226 valence electrons. The molecular formula is C34H39N3O6. The molecule has 3 fully saturated rings. The molecule has 9 heteroatoms. The molecule has 5 unspecified atom stereocenters. The van der Waals surface area contributed by atoms with Crippen LogP contribution in [0.4, 0.5) is 5.69 Å². The van der Waals surface area contributed by atoms with Gasteiger partial charge in [0.05, 0.1) is 17.9 Å². The summed E-state index contributed by atoms with van der Waals surface area (Å²) in [6.07, 6.45) is 7.31. The largest absolute Gasteiger partial charge is 0.454 e. The highest BCUT2D eigenvalue weighted by Gasteiger charge is 2.72. The predicted octanol–water partition coefficient (Wildman–Crippen LogP) is 4.52. The Morgan fingerprint density at radius 2 is 1.79 bits per heavy atom. The van der Waals surface area contributed by atoms with Crippen LogP contribution >= 0.6 is 0 Å². The van der Waals surface area contributed by atoms with E-state index < -0.39 is 29.6 Å². The van der Waals surface area contributed by atoms with Crippen molar-refractivity contribution in [2.24, 2.45) is 17.8 Å². The maximum atomic E-state index is 14.4. The molecule has 7 atom stereocenters. The van der Waals surface area contributed by atoms with Gasteiger partial charge >= 0.3 is 0 Å². The Labute approximate surface area is 251 Å². The van der Waals surface area contributed by atoms with Crippen molar-refractivity contribution in [3.05, 3.63) is 65.7 Å². The summed E-state index contributed by atoms with van der Waals surface area (Å²) in [5.41, 5.74) is 1.43. The average molecular weight is 586 g/mol. The Bertz CT molecular complexity index is 1470. The Hall–Kier alpha value is -3.85. The normalized spacial score (nSPS) is 31.9. The van der Waals surface area contributed by atoms with Gasteiger partial charge in [0.2, 0.25) is 24.5 Å². The second kappa shape index (κ2) is 10.7. The SMILES string of the molecule is CC(C)c1ccc(NC(=O)C2[C@@H]3C=CC4(O3)C(C(=O)NC3CCCCC3C)N(Cc3ccc5c(c3)OCO5)C(=O)[C@H]24)cc1. The smallest absolute Gasteiger partial charge is 0.246 e. The fourth-order valence-electron chi connectivity index (χ4n) is 7.64. The molecule has 0 aromatic heterocycles. The van der Waals surface area contributed by atoms with Gasteiger partial charge in [-0.2, -0.15) is 0 Å². The Balaban J connectivity index is 1.19. The number of fused-ring (bicyclic) bond motifs is 2. The van der Waals surface area contributed by atoms with Crippen LogP contribution in [0.2, 0.25) is 0 Å². The standard InChI is InChI=1S/C34H39N3O6/c1-19(2)22-9-11-23(12-10-22)35-31(38)28-26-14-15-34(43-26)29(28)33(40)37(17-21-8-13-25-27(16-21)42-18-41-25)30(34)32(39)36-24-7-5-4-6-20(24)3/h8-16,19-20,24,26,28-30H,4-7,17-18H2,1-3H3,(H,35,38)(H,36,39)/t20?,24?,26-,28?,29-,30?,34?/m0/s1. The zero-order valence-corrected chi connectivity index (χ0v) is 24.9. The van der Waals surface area contributed by atoms with Gasteiger partial charge in [-0.25, -0.2) is 0 Å². The van der Waals surface area contributed by atoms with E-state index in [1.54, 1.807) is 4.90 Å². The predicted molar refractivity (Wildman–Crippen MR) is 159 cm³/mol. The van der Waals surface area contributed by atoms with E-state index in [4.69, 9.17) is 14.2 Å². The number of hydrogen-bond donors (Lipinski definition) is 2. The molecule has 3 amide bonds. The number of ether oxygens (including phenoxy) is 3. The van der Waals surface area contributed by atoms with E-state index in [0.29, 0.717) is 29.0 Å².